The third-order valence-corrected chi connectivity index (χ3v) is 9.48. The molecule has 8 nitrogen and oxygen atoms in total. The molecule has 0 aliphatic carbocycles. The van der Waals surface area contributed by atoms with Crippen LogP contribution in [0.15, 0.2) is 71.8 Å². The lowest BCUT2D eigenvalue weighted by molar-refractivity contribution is -0.137. The molecular formula is C41H57NO7. The van der Waals surface area contributed by atoms with Gasteiger partial charge in [-0.1, -0.05) is 99.8 Å². The lowest BCUT2D eigenvalue weighted by Crippen LogP contribution is -2.51. The summed E-state index contributed by atoms with van der Waals surface area (Å²) in [6, 6.07) is 13.6. The highest BCUT2D eigenvalue weighted by molar-refractivity contribution is 5.66. The number of carboxylic acid groups (broad SMARTS) is 1. The first-order chi connectivity index (χ1) is 23.5. The topological polar surface area (TPSA) is 150 Å². The van der Waals surface area contributed by atoms with Crippen LogP contribution in [0.2, 0.25) is 0 Å². The van der Waals surface area contributed by atoms with Crippen molar-refractivity contribution in [2.24, 2.45) is 0 Å². The van der Waals surface area contributed by atoms with E-state index in [9.17, 15) is 30.3 Å². The molecule has 0 spiro atoms. The van der Waals surface area contributed by atoms with Gasteiger partial charge in [-0.3, -0.25) is 4.79 Å². The summed E-state index contributed by atoms with van der Waals surface area (Å²) in [7, 11) is 0. The summed E-state index contributed by atoms with van der Waals surface area (Å²) >= 11 is 0. The van der Waals surface area contributed by atoms with Crippen molar-refractivity contribution in [3.63, 3.8) is 0 Å². The van der Waals surface area contributed by atoms with Crippen molar-refractivity contribution in [2.75, 3.05) is 6.61 Å². The van der Waals surface area contributed by atoms with Gasteiger partial charge >= 0.3 is 5.97 Å². The Bertz CT molecular complexity index is 1440. The summed E-state index contributed by atoms with van der Waals surface area (Å²) in [5.41, 5.74) is 2.89. The SMILES string of the molecule is CCCCCC(O)C=CC1=C(CC(O)CO)C(CCCCCCC(=O)O)NC(C(C)(O)c2cccc(O)c2)CC#Cc2ccccc2CC1. The zero-order valence-electron chi connectivity index (χ0n) is 29.3. The number of rotatable bonds is 18. The first-order valence-electron chi connectivity index (χ1n) is 18.0. The first kappa shape index (κ1) is 40.0. The number of hydrogen-bond donors (Lipinski definition) is 7. The van der Waals surface area contributed by atoms with Crippen molar-refractivity contribution in [1.82, 2.24) is 5.32 Å². The number of aliphatic carboxylic acids is 1. The summed E-state index contributed by atoms with van der Waals surface area (Å²) in [5.74, 6) is 5.89. The Balaban J connectivity index is 2.16. The van der Waals surface area contributed by atoms with E-state index in [1.54, 1.807) is 31.2 Å². The van der Waals surface area contributed by atoms with Crippen LogP contribution in [0.3, 0.4) is 0 Å². The number of aliphatic hydroxyl groups excluding tert-OH is 3. The van der Waals surface area contributed by atoms with Gasteiger partial charge in [0.1, 0.15) is 11.4 Å². The summed E-state index contributed by atoms with van der Waals surface area (Å²) in [6.07, 6.45) is 11.3. The highest BCUT2D eigenvalue weighted by Crippen LogP contribution is 2.33. The third kappa shape index (κ3) is 13.4. The second kappa shape index (κ2) is 20.9. The predicted molar refractivity (Wildman–Crippen MR) is 194 cm³/mol. The van der Waals surface area contributed by atoms with Crippen LogP contribution in [-0.4, -0.2) is 67.5 Å². The lowest BCUT2D eigenvalue weighted by Gasteiger charge is -2.38. The van der Waals surface area contributed by atoms with Crippen molar-refractivity contribution in [1.29, 1.82) is 0 Å². The number of carbonyl (C=O) groups is 1. The van der Waals surface area contributed by atoms with Crippen molar-refractivity contribution in [3.8, 4) is 17.6 Å². The van der Waals surface area contributed by atoms with Crippen LogP contribution in [0.25, 0.3) is 0 Å². The molecule has 0 amide bonds. The number of carboxylic acids is 1. The molecule has 5 atom stereocenters. The molecule has 1 aliphatic heterocycles. The smallest absolute Gasteiger partial charge is 0.303 e. The Morgan fingerprint density at radius 1 is 1.04 bits per heavy atom. The average molecular weight is 676 g/mol. The molecule has 0 aromatic heterocycles. The largest absolute Gasteiger partial charge is 0.508 e. The van der Waals surface area contributed by atoms with E-state index in [-0.39, 0.29) is 31.1 Å². The predicted octanol–water partition coefficient (Wildman–Crippen LogP) is 6.28. The molecule has 0 saturated carbocycles. The fraction of sp³-hybridized carbons (Fsp3) is 0.537. The molecule has 0 fully saturated rings. The van der Waals surface area contributed by atoms with E-state index in [1.165, 1.54) is 0 Å². The Morgan fingerprint density at radius 2 is 1.82 bits per heavy atom. The van der Waals surface area contributed by atoms with E-state index in [2.05, 4.69) is 30.1 Å². The maximum absolute atomic E-state index is 12.2. The highest BCUT2D eigenvalue weighted by atomic mass is 16.4. The van der Waals surface area contributed by atoms with Gasteiger partial charge in [-0.2, -0.15) is 0 Å². The van der Waals surface area contributed by atoms with Gasteiger partial charge in [-0.25, -0.2) is 0 Å². The average Bonchev–Trinajstić information content (AvgIpc) is 3.07. The number of unbranched alkanes of at least 4 members (excludes halogenated alkanes) is 5. The molecule has 1 heterocycles. The number of phenolic OH excluding ortho intramolecular Hbond substituents is 1. The van der Waals surface area contributed by atoms with Crippen molar-refractivity contribution < 1.29 is 35.4 Å². The van der Waals surface area contributed by atoms with E-state index < -0.39 is 36.4 Å². The van der Waals surface area contributed by atoms with Crippen LogP contribution < -0.4 is 5.32 Å². The third-order valence-electron chi connectivity index (χ3n) is 9.48. The summed E-state index contributed by atoms with van der Waals surface area (Å²) in [5, 5.41) is 67.1. The van der Waals surface area contributed by atoms with E-state index in [4.69, 9.17) is 5.11 Å². The molecule has 0 bridgehead atoms. The lowest BCUT2D eigenvalue weighted by atomic mass is 9.82. The number of nitrogens with one attached hydrogen (secondary N) is 1. The Kier molecular flexibility index (Phi) is 17.1. The van der Waals surface area contributed by atoms with Crippen LogP contribution in [0.5, 0.6) is 5.75 Å². The monoisotopic (exact) mass is 675 g/mol. The van der Waals surface area contributed by atoms with Crippen LogP contribution in [0, 0.1) is 11.8 Å². The number of aryl methyl sites for hydroxylation is 1. The molecule has 5 unspecified atom stereocenters. The molecule has 268 valence electrons. The first-order valence-corrected chi connectivity index (χ1v) is 18.0. The molecular weight excluding hydrogens is 618 g/mol. The minimum atomic E-state index is -1.46. The van der Waals surface area contributed by atoms with Crippen molar-refractivity contribution in [2.45, 2.75) is 134 Å². The fourth-order valence-electron chi connectivity index (χ4n) is 6.49. The summed E-state index contributed by atoms with van der Waals surface area (Å²) < 4.78 is 0. The number of phenols is 1. The fourth-order valence-corrected chi connectivity index (χ4v) is 6.49. The molecule has 1 aliphatic rings. The van der Waals surface area contributed by atoms with Crippen LogP contribution in [0.4, 0.5) is 0 Å². The standard InChI is InChI=1S/C41H57NO7/c1-3-4-7-18-34(44)26-25-32-24-23-31-15-11-10-14-30(31)16-12-21-39(41(2,49)33-17-13-19-35(45)27-33)42-38(37(32)28-36(46)29-43)20-8-5-6-9-22-40(47)48/h10-11,13-15,17,19,25-27,34,36,38-39,42-46,49H,3-9,18,20-24,28-29H2,1-2H3,(H,47,48). The number of allylic oxidation sites excluding steroid dienone is 2. The van der Waals surface area contributed by atoms with Crippen LogP contribution >= 0.6 is 0 Å². The number of fused-ring (bicyclic) bond motifs is 1. The maximum Gasteiger partial charge on any atom is 0.303 e. The highest BCUT2D eigenvalue weighted by Gasteiger charge is 2.36. The number of aromatic hydroxyl groups is 1. The Hall–Kier alpha value is -3.45. The molecule has 49 heavy (non-hydrogen) atoms. The molecule has 0 saturated heterocycles. The Morgan fingerprint density at radius 3 is 2.55 bits per heavy atom. The van der Waals surface area contributed by atoms with E-state index >= 15 is 0 Å². The number of benzene rings is 2. The van der Waals surface area contributed by atoms with Crippen molar-refractivity contribution in [3.05, 3.63) is 88.5 Å². The van der Waals surface area contributed by atoms with E-state index in [0.717, 1.165) is 60.8 Å². The summed E-state index contributed by atoms with van der Waals surface area (Å²) in [4.78, 5) is 11.1. The maximum atomic E-state index is 12.2. The summed E-state index contributed by atoms with van der Waals surface area (Å²) in [6.45, 7) is 3.42. The minimum Gasteiger partial charge on any atom is -0.508 e. The molecule has 2 aromatic carbocycles. The molecule has 3 rings (SSSR count). The van der Waals surface area contributed by atoms with E-state index in [1.807, 2.05) is 30.4 Å². The normalized spacial score (nSPS) is 19.6. The quantitative estimate of drug-likeness (QED) is 0.0721. The van der Waals surface area contributed by atoms with E-state index in [0.29, 0.717) is 37.7 Å². The van der Waals surface area contributed by atoms with Gasteiger partial charge in [0, 0.05) is 24.4 Å². The molecule has 2 aromatic rings. The van der Waals surface area contributed by atoms with Crippen molar-refractivity contribution >= 4 is 5.97 Å². The second-order valence-corrected chi connectivity index (χ2v) is 13.5. The van der Waals surface area contributed by atoms with Gasteiger partial charge in [0.15, 0.2) is 0 Å². The van der Waals surface area contributed by atoms with Gasteiger partial charge in [-0.05, 0) is 85.9 Å². The van der Waals surface area contributed by atoms with Crippen LogP contribution in [0.1, 0.15) is 114 Å². The van der Waals surface area contributed by atoms with Crippen LogP contribution in [-0.2, 0) is 16.8 Å². The van der Waals surface area contributed by atoms with Gasteiger partial charge in [0.05, 0.1) is 24.9 Å². The van der Waals surface area contributed by atoms with Gasteiger partial charge in [0.25, 0.3) is 0 Å². The van der Waals surface area contributed by atoms with Gasteiger partial charge in [0.2, 0.25) is 0 Å². The molecule has 0 radical (unpaired) electrons. The number of aliphatic hydroxyl groups is 4. The molecule has 8 heteroatoms. The Labute approximate surface area is 292 Å². The van der Waals surface area contributed by atoms with Gasteiger partial charge < -0.3 is 36.0 Å². The zero-order valence-corrected chi connectivity index (χ0v) is 29.3. The number of hydrogen-bond acceptors (Lipinski definition) is 7. The second-order valence-electron chi connectivity index (χ2n) is 13.5. The minimum absolute atomic E-state index is 0.0421. The zero-order chi connectivity index (χ0) is 35.6. The van der Waals surface area contributed by atoms with Gasteiger partial charge in [-0.15, -0.1) is 0 Å². The molecule has 7 N–H and O–H groups in total.